The Balaban J connectivity index is 2.12. The summed E-state index contributed by atoms with van der Waals surface area (Å²) >= 11 is 1.47. The molecule has 0 saturated heterocycles. The Morgan fingerprint density at radius 3 is 3.10 bits per heavy atom. The Kier molecular flexibility index (Phi) is 4.89. The highest BCUT2D eigenvalue weighted by atomic mass is 32.1. The van der Waals surface area contributed by atoms with Crippen LogP contribution in [-0.4, -0.2) is 54.3 Å². The van der Waals surface area contributed by atoms with E-state index in [2.05, 4.69) is 4.98 Å². The smallest absolute Gasteiger partial charge is 0.276 e. The first-order valence-electron chi connectivity index (χ1n) is 6.03. The number of oxazole rings is 1. The Morgan fingerprint density at radius 1 is 1.65 bits per heavy atom. The fourth-order valence-corrected chi connectivity index (χ4v) is 2.52. The van der Waals surface area contributed by atoms with E-state index in [0.29, 0.717) is 5.76 Å². The molecule has 0 saturated carbocycles. The number of nitrogens with zero attached hydrogens (tertiary/aromatic N) is 2. The van der Waals surface area contributed by atoms with Crippen molar-refractivity contribution in [3.05, 3.63) is 29.6 Å². The molecule has 1 N–H and O–H groups in total. The first-order valence-corrected chi connectivity index (χ1v) is 6.91. The third kappa shape index (κ3) is 3.24. The van der Waals surface area contributed by atoms with Crippen molar-refractivity contribution in [2.45, 2.75) is 6.10 Å². The summed E-state index contributed by atoms with van der Waals surface area (Å²) in [6.45, 7) is 0.345. The van der Waals surface area contributed by atoms with Crippen LogP contribution in [0.2, 0.25) is 0 Å². The van der Waals surface area contributed by atoms with Crippen LogP contribution in [-0.2, 0) is 4.74 Å². The molecule has 20 heavy (non-hydrogen) atoms. The Morgan fingerprint density at radius 2 is 2.45 bits per heavy atom. The summed E-state index contributed by atoms with van der Waals surface area (Å²) in [5.74, 6) is 0.162. The maximum absolute atomic E-state index is 12.3. The van der Waals surface area contributed by atoms with Gasteiger partial charge in [0.2, 0.25) is 0 Å². The summed E-state index contributed by atoms with van der Waals surface area (Å²) in [7, 11) is 3.10. The average molecular weight is 296 g/mol. The second-order valence-electron chi connectivity index (χ2n) is 4.30. The van der Waals surface area contributed by atoms with Gasteiger partial charge in [-0.2, -0.15) is 0 Å². The number of likely N-dealkylation sites (N-methyl/N-ethyl adjacent to an activating group) is 1. The van der Waals surface area contributed by atoms with Crippen molar-refractivity contribution in [1.82, 2.24) is 9.88 Å². The van der Waals surface area contributed by atoms with Gasteiger partial charge < -0.3 is 19.2 Å². The lowest BCUT2D eigenvalue weighted by Gasteiger charge is -2.19. The Hall–Kier alpha value is -1.70. The SMILES string of the molecule is COCC(O)CN(C)C(=O)c1ncoc1-c1cccs1. The molecule has 2 aromatic rings. The zero-order valence-electron chi connectivity index (χ0n) is 11.3. The van der Waals surface area contributed by atoms with Gasteiger partial charge in [-0.1, -0.05) is 6.07 Å². The summed E-state index contributed by atoms with van der Waals surface area (Å²) in [4.78, 5) is 18.5. The van der Waals surface area contributed by atoms with Gasteiger partial charge in [0.05, 0.1) is 17.6 Å². The number of aliphatic hydroxyl groups is 1. The van der Waals surface area contributed by atoms with E-state index in [1.54, 1.807) is 7.05 Å². The van der Waals surface area contributed by atoms with Gasteiger partial charge in [0.1, 0.15) is 0 Å². The van der Waals surface area contributed by atoms with E-state index < -0.39 is 6.10 Å². The third-order valence-corrected chi connectivity index (χ3v) is 3.57. The number of rotatable bonds is 6. The van der Waals surface area contributed by atoms with Crippen LogP contribution >= 0.6 is 11.3 Å². The van der Waals surface area contributed by atoms with Crippen molar-refractivity contribution >= 4 is 17.2 Å². The largest absolute Gasteiger partial charge is 0.442 e. The van der Waals surface area contributed by atoms with Gasteiger partial charge in [-0.15, -0.1) is 11.3 Å². The quantitative estimate of drug-likeness (QED) is 0.874. The summed E-state index contributed by atoms with van der Waals surface area (Å²) < 4.78 is 10.1. The van der Waals surface area contributed by atoms with Crippen LogP contribution in [0.5, 0.6) is 0 Å². The predicted molar refractivity (Wildman–Crippen MR) is 74.7 cm³/mol. The molecule has 0 aliphatic rings. The lowest BCUT2D eigenvalue weighted by atomic mass is 10.2. The second kappa shape index (κ2) is 6.65. The van der Waals surface area contributed by atoms with Crippen LogP contribution in [0.1, 0.15) is 10.5 Å². The van der Waals surface area contributed by atoms with Crippen LogP contribution in [0.3, 0.4) is 0 Å². The molecule has 108 valence electrons. The van der Waals surface area contributed by atoms with Gasteiger partial charge >= 0.3 is 0 Å². The number of hydrogen-bond acceptors (Lipinski definition) is 6. The molecule has 0 aromatic carbocycles. The van der Waals surface area contributed by atoms with Gasteiger partial charge in [0.15, 0.2) is 17.8 Å². The molecule has 2 heterocycles. The van der Waals surface area contributed by atoms with Crippen LogP contribution in [0.15, 0.2) is 28.3 Å². The molecule has 0 fully saturated rings. The lowest BCUT2D eigenvalue weighted by Crippen LogP contribution is -2.36. The Labute approximate surface area is 120 Å². The van der Waals surface area contributed by atoms with E-state index in [4.69, 9.17) is 9.15 Å². The van der Waals surface area contributed by atoms with Crippen molar-refractivity contribution < 1.29 is 19.1 Å². The number of methoxy groups -OCH3 is 1. The third-order valence-electron chi connectivity index (χ3n) is 2.71. The zero-order chi connectivity index (χ0) is 14.5. The van der Waals surface area contributed by atoms with Crippen molar-refractivity contribution in [3.8, 4) is 10.6 Å². The first kappa shape index (κ1) is 14.7. The molecule has 0 bridgehead atoms. The molecule has 2 aromatic heterocycles. The van der Waals surface area contributed by atoms with E-state index in [0.717, 1.165) is 4.88 Å². The number of carbonyl (C=O) groups excluding carboxylic acids is 1. The number of aromatic nitrogens is 1. The van der Waals surface area contributed by atoms with Gasteiger partial charge in [-0.25, -0.2) is 4.98 Å². The number of amides is 1. The molecule has 1 amide bonds. The minimum Gasteiger partial charge on any atom is -0.442 e. The van der Waals surface area contributed by atoms with Crippen molar-refractivity contribution in [2.75, 3.05) is 27.3 Å². The topological polar surface area (TPSA) is 75.8 Å². The summed E-state index contributed by atoms with van der Waals surface area (Å²) in [5, 5.41) is 11.6. The molecule has 0 aliphatic heterocycles. The van der Waals surface area contributed by atoms with Crippen LogP contribution in [0.25, 0.3) is 10.6 Å². The molecule has 6 nitrogen and oxygen atoms in total. The normalized spacial score (nSPS) is 12.3. The summed E-state index contributed by atoms with van der Waals surface area (Å²) in [6, 6.07) is 3.74. The van der Waals surface area contributed by atoms with Crippen LogP contribution in [0.4, 0.5) is 0 Å². The van der Waals surface area contributed by atoms with Gasteiger partial charge in [-0.3, -0.25) is 4.79 Å². The summed E-state index contributed by atoms with van der Waals surface area (Å²) in [5.41, 5.74) is 0.250. The molecular weight excluding hydrogens is 280 g/mol. The Bertz CT molecular complexity index is 552. The van der Waals surface area contributed by atoms with E-state index in [1.807, 2.05) is 17.5 Å². The predicted octanol–water partition coefficient (Wildman–Crippen LogP) is 1.48. The molecule has 7 heteroatoms. The number of carbonyl (C=O) groups is 1. The highest BCUT2D eigenvalue weighted by molar-refractivity contribution is 7.13. The molecule has 1 unspecified atom stereocenters. The second-order valence-corrected chi connectivity index (χ2v) is 5.25. The maximum atomic E-state index is 12.3. The van der Waals surface area contributed by atoms with E-state index in [-0.39, 0.29) is 24.8 Å². The number of ether oxygens (including phenoxy) is 1. The number of thiophene rings is 1. The standard InChI is InChI=1S/C13H16N2O4S/c1-15(6-9(16)7-18-2)13(17)11-12(19-8-14-11)10-4-3-5-20-10/h3-5,8-9,16H,6-7H2,1-2H3. The van der Waals surface area contributed by atoms with Crippen molar-refractivity contribution in [2.24, 2.45) is 0 Å². The van der Waals surface area contributed by atoms with Crippen LogP contribution in [0, 0.1) is 0 Å². The molecular formula is C13H16N2O4S. The van der Waals surface area contributed by atoms with E-state index in [9.17, 15) is 9.90 Å². The summed E-state index contributed by atoms with van der Waals surface area (Å²) in [6.07, 6.45) is 0.521. The van der Waals surface area contributed by atoms with Crippen molar-refractivity contribution in [3.63, 3.8) is 0 Å². The van der Waals surface area contributed by atoms with Crippen LogP contribution < -0.4 is 0 Å². The number of hydrogen-bond donors (Lipinski definition) is 1. The minimum atomic E-state index is -0.731. The lowest BCUT2D eigenvalue weighted by molar-refractivity contribution is 0.0378. The van der Waals surface area contributed by atoms with Crippen molar-refractivity contribution in [1.29, 1.82) is 0 Å². The van der Waals surface area contributed by atoms with E-state index >= 15 is 0 Å². The average Bonchev–Trinajstić information content (AvgIpc) is 3.08. The van der Waals surface area contributed by atoms with Gasteiger partial charge in [-0.05, 0) is 11.4 Å². The molecule has 0 spiro atoms. The first-order chi connectivity index (χ1) is 9.63. The zero-order valence-corrected chi connectivity index (χ0v) is 12.1. The highest BCUT2D eigenvalue weighted by Gasteiger charge is 2.23. The van der Waals surface area contributed by atoms with Gasteiger partial charge in [0, 0.05) is 20.7 Å². The van der Waals surface area contributed by atoms with Gasteiger partial charge in [0.25, 0.3) is 5.91 Å². The maximum Gasteiger partial charge on any atom is 0.276 e. The van der Waals surface area contributed by atoms with E-state index in [1.165, 1.54) is 29.7 Å². The monoisotopic (exact) mass is 296 g/mol. The molecule has 0 radical (unpaired) electrons. The number of aliphatic hydroxyl groups excluding tert-OH is 1. The minimum absolute atomic E-state index is 0.170. The molecule has 0 aliphatic carbocycles. The fraction of sp³-hybridized carbons (Fsp3) is 0.385. The highest BCUT2D eigenvalue weighted by Crippen LogP contribution is 2.28. The fourth-order valence-electron chi connectivity index (χ4n) is 1.81. The molecule has 2 rings (SSSR count). The molecule has 1 atom stereocenters.